The highest BCUT2D eigenvalue weighted by atomic mass is 32.1. The zero-order chi connectivity index (χ0) is 12.1. The Morgan fingerprint density at radius 3 is 2.71 bits per heavy atom. The number of aliphatic hydroxyl groups is 1. The summed E-state index contributed by atoms with van der Waals surface area (Å²) in [5.74, 6) is 0. The minimum absolute atomic E-state index is 0.150. The fourth-order valence-corrected chi connectivity index (χ4v) is 3.32. The van der Waals surface area contributed by atoms with Crippen LogP contribution >= 0.6 is 11.3 Å². The van der Waals surface area contributed by atoms with Crippen LogP contribution in [0.2, 0.25) is 0 Å². The van der Waals surface area contributed by atoms with Crippen molar-refractivity contribution in [3.8, 4) is 0 Å². The number of aliphatic hydroxyl groups excluding tert-OH is 1. The molecule has 0 radical (unpaired) electrons. The first-order chi connectivity index (χ1) is 8.33. The summed E-state index contributed by atoms with van der Waals surface area (Å²) >= 11 is 1.70. The van der Waals surface area contributed by atoms with Crippen LogP contribution in [0.15, 0.2) is 0 Å². The van der Waals surface area contributed by atoms with Crippen molar-refractivity contribution in [2.24, 2.45) is 0 Å². The fourth-order valence-electron chi connectivity index (χ4n) is 2.36. The summed E-state index contributed by atoms with van der Waals surface area (Å²) in [5.41, 5.74) is 1.12. The van der Waals surface area contributed by atoms with Crippen molar-refractivity contribution in [1.29, 1.82) is 0 Å². The summed E-state index contributed by atoms with van der Waals surface area (Å²) in [6.45, 7) is 5.94. The molecule has 1 N–H and O–H groups in total. The van der Waals surface area contributed by atoms with Crippen LogP contribution in [0.25, 0.3) is 0 Å². The van der Waals surface area contributed by atoms with Crippen LogP contribution in [0.1, 0.15) is 41.8 Å². The molecule has 0 amide bonds. The van der Waals surface area contributed by atoms with Gasteiger partial charge in [-0.3, -0.25) is 0 Å². The highest BCUT2D eigenvalue weighted by Gasteiger charge is 2.14. The Hall–Kier alpha value is -0.450. The molecule has 1 aliphatic rings. The number of aromatic nitrogens is 1. The van der Waals surface area contributed by atoms with Crippen molar-refractivity contribution in [3.63, 3.8) is 0 Å². The Kier molecular flexibility index (Phi) is 4.95. The standard InChI is InChI=1S/C13H22N2OS/c1-2-5-11-12(10-16)17-13(14-11)6-9-15-7-3-4-8-15/h16H,2-10H2,1H3. The Morgan fingerprint density at radius 1 is 1.29 bits per heavy atom. The van der Waals surface area contributed by atoms with Gasteiger partial charge in [0.1, 0.15) is 0 Å². The minimum Gasteiger partial charge on any atom is -0.391 e. The normalized spacial score (nSPS) is 16.8. The van der Waals surface area contributed by atoms with Crippen LogP contribution in [0, 0.1) is 0 Å². The maximum Gasteiger partial charge on any atom is 0.0944 e. The molecule has 0 aliphatic carbocycles. The van der Waals surface area contributed by atoms with E-state index in [9.17, 15) is 5.11 Å². The van der Waals surface area contributed by atoms with Crippen molar-refractivity contribution in [2.45, 2.75) is 45.6 Å². The van der Waals surface area contributed by atoms with E-state index in [0.29, 0.717) is 0 Å². The van der Waals surface area contributed by atoms with Crippen LogP contribution in [0.3, 0.4) is 0 Å². The zero-order valence-corrected chi connectivity index (χ0v) is 11.4. The molecule has 1 aromatic rings. The summed E-state index contributed by atoms with van der Waals surface area (Å²) in [4.78, 5) is 8.25. The van der Waals surface area contributed by atoms with Gasteiger partial charge in [0.15, 0.2) is 0 Å². The highest BCUT2D eigenvalue weighted by molar-refractivity contribution is 7.11. The van der Waals surface area contributed by atoms with E-state index in [-0.39, 0.29) is 6.61 Å². The van der Waals surface area contributed by atoms with Crippen molar-refractivity contribution in [1.82, 2.24) is 9.88 Å². The van der Waals surface area contributed by atoms with Crippen molar-refractivity contribution >= 4 is 11.3 Å². The lowest BCUT2D eigenvalue weighted by atomic mass is 10.2. The van der Waals surface area contributed by atoms with Crippen LogP contribution in [0.4, 0.5) is 0 Å². The smallest absolute Gasteiger partial charge is 0.0944 e. The predicted molar refractivity (Wildman–Crippen MR) is 71.4 cm³/mol. The first-order valence-electron chi connectivity index (χ1n) is 6.64. The summed E-state index contributed by atoms with van der Waals surface area (Å²) in [5, 5.41) is 10.5. The Bertz CT molecular complexity index is 345. The third-order valence-corrected chi connectivity index (χ3v) is 4.44. The third-order valence-electron chi connectivity index (χ3n) is 3.29. The van der Waals surface area contributed by atoms with Gasteiger partial charge in [-0.1, -0.05) is 13.3 Å². The Balaban J connectivity index is 1.90. The predicted octanol–water partition coefficient (Wildman–Crippen LogP) is 2.23. The highest BCUT2D eigenvalue weighted by Crippen LogP contribution is 2.21. The van der Waals surface area contributed by atoms with Crippen molar-refractivity contribution < 1.29 is 5.11 Å². The Labute approximate surface area is 107 Å². The molecule has 17 heavy (non-hydrogen) atoms. The second kappa shape index (κ2) is 6.47. The van der Waals surface area contributed by atoms with Gasteiger partial charge in [-0.15, -0.1) is 11.3 Å². The molecule has 2 rings (SSSR count). The lowest BCUT2D eigenvalue weighted by Crippen LogP contribution is -2.21. The van der Waals surface area contributed by atoms with Gasteiger partial charge in [0.25, 0.3) is 0 Å². The van der Waals surface area contributed by atoms with E-state index in [1.807, 2.05) is 0 Å². The average Bonchev–Trinajstić information content (AvgIpc) is 2.95. The molecule has 0 aromatic carbocycles. The van der Waals surface area contributed by atoms with Crippen LogP contribution in [-0.2, 0) is 19.4 Å². The first kappa shape index (κ1) is 13.0. The number of hydrogen-bond acceptors (Lipinski definition) is 4. The molecule has 3 nitrogen and oxygen atoms in total. The number of thiazole rings is 1. The zero-order valence-electron chi connectivity index (χ0n) is 10.6. The van der Waals surface area contributed by atoms with Gasteiger partial charge in [0, 0.05) is 13.0 Å². The molecule has 1 aromatic heterocycles. The molecule has 96 valence electrons. The van der Waals surface area contributed by atoms with E-state index in [4.69, 9.17) is 0 Å². The first-order valence-corrected chi connectivity index (χ1v) is 7.45. The van der Waals surface area contributed by atoms with E-state index < -0.39 is 0 Å². The number of aryl methyl sites for hydroxylation is 1. The van der Waals surface area contributed by atoms with Gasteiger partial charge in [-0.2, -0.15) is 0 Å². The van der Waals surface area contributed by atoms with Crippen molar-refractivity contribution in [3.05, 3.63) is 15.6 Å². The molecule has 0 unspecified atom stereocenters. The minimum atomic E-state index is 0.150. The van der Waals surface area contributed by atoms with E-state index >= 15 is 0 Å². The van der Waals surface area contributed by atoms with Gasteiger partial charge < -0.3 is 10.0 Å². The topological polar surface area (TPSA) is 36.4 Å². The maximum absolute atomic E-state index is 9.30. The SMILES string of the molecule is CCCc1nc(CCN2CCCC2)sc1CO. The molecule has 0 spiro atoms. The summed E-state index contributed by atoms with van der Waals surface area (Å²) in [6.07, 6.45) is 5.83. The molecular formula is C13H22N2OS. The van der Waals surface area contributed by atoms with E-state index in [0.717, 1.165) is 36.4 Å². The lowest BCUT2D eigenvalue weighted by Gasteiger charge is -2.12. The molecule has 1 aliphatic heterocycles. The van der Waals surface area contributed by atoms with Gasteiger partial charge in [-0.25, -0.2) is 4.98 Å². The maximum atomic E-state index is 9.30. The van der Waals surface area contributed by atoms with Crippen molar-refractivity contribution in [2.75, 3.05) is 19.6 Å². The second-order valence-corrected chi connectivity index (χ2v) is 5.85. The Morgan fingerprint density at radius 2 is 2.06 bits per heavy atom. The lowest BCUT2D eigenvalue weighted by molar-refractivity contribution is 0.284. The number of rotatable bonds is 6. The molecular weight excluding hydrogens is 232 g/mol. The van der Waals surface area contributed by atoms with E-state index in [2.05, 4.69) is 16.8 Å². The van der Waals surface area contributed by atoms with Crippen LogP contribution < -0.4 is 0 Å². The van der Waals surface area contributed by atoms with Gasteiger partial charge in [0.2, 0.25) is 0 Å². The molecule has 2 heterocycles. The molecule has 0 saturated carbocycles. The van der Waals surface area contributed by atoms with Gasteiger partial charge in [-0.05, 0) is 32.4 Å². The van der Waals surface area contributed by atoms with E-state index in [1.54, 1.807) is 11.3 Å². The number of hydrogen-bond donors (Lipinski definition) is 1. The average molecular weight is 254 g/mol. The largest absolute Gasteiger partial charge is 0.391 e. The van der Waals surface area contributed by atoms with Crippen LogP contribution in [0.5, 0.6) is 0 Å². The molecule has 1 fully saturated rings. The second-order valence-electron chi connectivity index (χ2n) is 4.68. The van der Waals surface area contributed by atoms with Gasteiger partial charge in [0.05, 0.1) is 22.2 Å². The third kappa shape index (κ3) is 3.50. The molecule has 0 bridgehead atoms. The molecule has 4 heteroatoms. The number of nitrogens with zero attached hydrogens (tertiary/aromatic N) is 2. The van der Waals surface area contributed by atoms with E-state index in [1.165, 1.54) is 30.9 Å². The fraction of sp³-hybridized carbons (Fsp3) is 0.769. The monoisotopic (exact) mass is 254 g/mol. The quantitative estimate of drug-likeness (QED) is 0.845. The van der Waals surface area contributed by atoms with Crippen LogP contribution in [-0.4, -0.2) is 34.6 Å². The molecule has 1 saturated heterocycles. The molecule has 0 atom stereocenters. The van der Waals surface area contributed by atoms with Gasteiger partial charge >= 0.3 is 0 Å². The summed E-state index contributed by atoms with van der Waals surface area (Å²) in [7, 11) is 0. The summed E-state index contributed by atoms with van der Waals surface area (Å²) in [6, 6.07) is 0. The summed E-state index contributed by atoms with van der Waals surface area (Å²) < 4.78 is 0. The number of likely N-dealkylation sites (tertiary alicyclic amines) is 1.